The first kappa shape index (κ1) is 16.3. The van der Waals surface area contributed by atoms with E-state index in [0.29, 0.717) is 26.5 Å². The summed E-state index contributed by atoms with van der Waals surface area (Å²) >= 11 is 9.12. The van der Waals surface area contributed by atoms with Gasteiger partial charge >= 0.3 is 0 Å². The number of thioether (sulfide) groups is 1. The third-order valence-electron chi connectivity index (χ3n) is 3.20. The Morgan fingerprint density at radius 3 is 2.78 bits per heavy atom. The van der Waals surface area contributed by atoms with E-state index in [1.54, 1.807) is 17.8 Å². The van der Waals surface area contributed by atoms with Crippen molar-refractivity contribution in [1.29, 1.82) is 0 Å². The van der Waals surface area contributed by atoms with Gasteiger partial charge in [0.1, 0.15) is 10.7 Å². The van der Waals surface area contributed by atoms with Crippen LogP contribution in [-0.2, 0) is 0 Å². The van der Waals surface area contributed by atoms with Crippen molar-refractivity contribution in [3.63, 3.8) is 0 Å². The summed E-state index contributed by atoms with van der Waals surface area (Å²) in [5, 5.41) is 3.96. The molecule has 23 heavy (non-hydrogen) atoms. The number of carbonyl (C=O) groups excluding carboxylic acids is 1. The standard InChI is InChI=1S/C17H13ClFNOS2/c18-15-13-7-6-11(19)10-14(13)23-16(15)17(21)20-8-9-22-12-4-2-1-3-5-12/h1-7,10H,8-9H2,(H,20,21). The molecule has 2 aromatic carbocycles. The van der Waals surface area contributed by atoms with Gasteiger partial charge in [0, 0.05) is 27.3 Å². The van der Waals surface area contributed by atoms with Crippen LogP contribution in [0.3, 0.4) is 0 Å². The van der Waals surface area contributed by atoms with Crippen LogP contribution in [0.2, 0.25) is 5.02 Å². The molecule has 0 aliphatic rings. The number of benzene rings is 2. The topological polar surface area (TPSA) is 29.1 Å². The molecule has 0 unspecified atom stereocenters. The second-order valence-electron chi connectivity index (χ2n) is 4.80. The number of fused-ring (bicyclic) bond motifs is 1. The molecule has 0 saturated heterocycles. The molecule has 1 aromatic heterocycles. The summed E-state index contributed by atoms with van der Waals surface area (Å²) in [5.41, 5.74) is 0. The van der Waals surface area contributed by atoms with Crippen molar-refractivity contribution >= 4 is 50.7 Å². The van der Waals surface area contributed by atoms with Gasteiger partial charge in [-0.3, -0.25) is 4.79 Å². The summed E-state index contributed by atoms with van der Waals surface area (Å²) in [6.07, 6.45) is 0. The smallest absolute Gasteiger partial charge is 0.262 e. The monoisotopic (exact) mass is 365 g/mol. The van der Waals surface area contributed by atoms with Gasteiger partial charge in [0.2, 0.25) is 0 Å². The third kappa shape index (κ3) is 3.86. The van der Waals surface area contributed by atoms with Crippen LogP contribution in [0.4, 0.5) is 4.39 Å². The second-order valence-corrected chi connectivity index (χ2v) is 7.40. The molecule has 0 spiro atoms. The number of hydrogen-bond donors (Lipinski definition) is 1. The number of halogens is 2. The number of nitrogens with one attached hydrogen (secondary N) is 1. The predicted molar refractivity (Wildman–Crippen MR) is 96.3 cm³/mol. The zero-order chi connectivity index (χ0) is 16.2. The van der Waals surface area contributed by atoms with Gasteiger partial charge < -0.3 is 5.32 Å². The molecule has 2 nitrogen and oxygen atoms in total. The Morgan fingerprint density at radius 2 is 2.00 bits per heavy atom. The Labute approximate surface area is 146 Å². The summed E-state index contributed by atoms with van der Waals surface area (Å²) < 4.78 is 13.9. The minimum Gasteiger partial charge on any atom is -0.350 e. The van der Waals surface area contributed by atoms with Crippen molar-refractivity contribution < 1.29 is 9.18 Å². The first-order valence-corrected chi connectivity index (χ1v) is 9.17. The molecule has 0 bridgehead atoms. The number of rotatable bonds is 5. The maximum Gasteiger partial charge on any atom is 0.262 e. The van der Waals surface area contributed by atoms with E-state index in [4.69, 9.17) is 11.6 Å². The maximum atomic E-state index is 13.2. The van der Waals surface area contributed by atoms with Crippen LogP contribution in [0, 0.1) is 5.82 Å². The lowest BCUT2D eigenvalue weighted by molar-refractivity contribution is 0.0960. The molecule has 1 amide bonds. The lowest BCUT2D eigenvalue weighted by atomic mass is 10.2. The van der Waals surface area contributed by atoms with Crippen LogP contribution < -0.4 is 5.32 Å². The Kier molecular flexibility index (Phi) is 5.20. The maximum absolute atomic E-state index is 13.2. The zero-order valence-corrected chi connectivity index (χ0v) is 14.4. The van der Waals surface area contributed by atoms with Crippen molar-refractivity contribution in [3.05, 3.63) is 64.2 Å². The molecule has 0 aliphatic carbocycles. The van der Waals surface area contributed by atoms with Crippen molar-refractivity contribution in [3.8, 4) is 0 Å². The number of carbonyl (C=O) groups is 1. The molecule has 3 rings (SSSR count). The predicted octanol–water partition coefficient (Wildman–Crippen LogP) is 5.22. The van der Waals surface area contributed by atoms with E-state index in [9.17, 15) is 9.18 Å². The van der Waals surface area contributed by atoms with Gasteiger partial charge in [0.25, 0.3) is 5.91 Å². The molecular formula is C17H13ClFNOS2. The molecule has 0 saturated carbocycles. The van der Waals surface area contributed by atoms with Crippen LogP contribution in [0.25, 0.3) is 10.1 Å². The molecule has 0 aliphatic heterocycles. The molecular weight excluding hydrogens is 353 g/mol. The highest BCUT2D eigenvalue weighted by Gasteiger charge is 2.17. The largest absolute Gasteiger partial charge is 0.350 e. The highest BCUT2D eigenvalue weighted by Crippen LogP contribution is 2.35. The Balaban J connectivity index is 1.61. The van der Waals surface area contributed by atoms with Gasteiger partial charge in [0.15, 0.2) is 0 Å². The van der Waals surface area contributed by atoms with E-state index in [0.717, 1.165) is 10.6 Å². The lowest BCUT2D eigenvalue weighted by Crippen LogP contribution is -2.25. The summed E-state index contributed by atoms with van der Waals surface area (Å²) in [6.45, 7) is 0.539. The van der Waals surface area contributed by atoms with E-state index in [2.05, 4.69) is 5.32 Å². The number of thiophene rings is 1. The fourth-order valence-electron chi connectivity index (χ4n) is 2.12. The van der Waals surface area contributed by atoms with E-state index in [1.165, 1.54) is 23.5 Å². The fourth-order valence-corrected chi connectivity index (χ4v) is 4.36. The van der Waals surface area contributed by atoms with Crippen LogP contribution in [-0.4, -0.2) is 18.2 Å². The first-order chi connectivity index (χ1) is 11.1. The second kappa shape index (κ2) is 7.34. The Bertz CT molecular complexity index is 835. The van der Waals surface area contributed by atoms with E-state index in [1.807, 2.05) is 30.3 Å². The fraction of sp³-hybridized carbons (Fsp3) is 0.118. The van der Waals surface area contributed by atoms with E-state index >= 15 is 0 Å². The summed E-state index contributed by atoms with van der Waals surface area (Å²) in [5.74, 6) is 0.222. The highest BCUT2D eigenvalue weighted by molar-refractivity contribution is 7.99. The van der Waals surface area contributed by atoms with Gasteiger partial charge in [-0.1, -0.05) is 29.8 Å². The van der Waals surface area contributed by atoms with Crippen molar-refractivity contribution in [2.24, 2.45) is 0 Å². The van der Waals surface area contributed by atoms with Crippen molar-refractivity contribution in [2.75, 3.05) is 12.3 Å². The Hall–Kier alpha value is -1.56. The first-order valence-electron chi connectivity index (χ1n) is 6.99. The minimum atomic E-state index is -0.332. The molecule has 1 heterocycles. The minimum absolute atomic E-state index is 0.217. The van der Waals surface area contributed by atoms with Crippen molar-refractivity contribution in [2.45, 2.75) is 4.90 Å². The molecule has 3 aromatic rings. The molecule has 0 atom stereocenters. The van der Waals surface area contributed by atoms with Crippen LogP contribution in [0.1, 0.15) is 9.67 Å². The molecule has 6 heteroatoms. The van der Waals surface area contributed by atoms with Crippen LogP contribution >= 0.6 is 34.7 Å². The normalized spacial score (nSPS) is 10.9. The molecule has 0 fully saturated rings. The molecule has 118 valence electrons. The van der Waals surface area contributed by atoms with E-state index in [-0.39, 0.29) is 11.7 Å². The average Bonchev–Trinajstić information content (AvgIpc) is 2.88. The lowest BCUT2D eigenvalue weighted by Gasteiger charge is -2.04. The average molecular weight is 366 g/mol. The zero-order valence-electron chi connectivity index (χ0n) is 12.0. The third-order valence-corrected chi connectivity index (χ3v) is 5.87. The highest BCUT2D eigenvalue weighted by atomic mass is 35.5. The van der Waals surface area contributed by atoms with E-state index < -0.39 is 0 Å². The van der Waals surface area contributed by atoms with Gasteiger partial charge in [-0.2, -0.15) is 0 Å². The van der Waals surface area contributed by atoms with Gasteiger partial charge in [0.05, 0.1) is 5.02 Å². The van der Waals surface area contributed by atoms with Gasteiger partial charge in [-0.25, -0.2) is 4.39 Å². The van der Waals surface area contributed by atoms with Crippen molar-refractivity contribution in [1.82, 2.24) is 5.32 Å². The summed E-state index contributed by atoms with van der Waals surface area (Å²) in [7, 11) is 0. The summed E-state index contributed by atoms with van der Waals surface area (Å²) in [4.78, 5) is 13.8. The molecule has 0 radical (unpaired) electrons. The van der Waals surface area contributed by atoms with Gasteiger partial charge in [-0.15, -0.1) is 23.1 Å². The number of amides is 1. The number of hydrogen-bond acceptors (Lipinski definition) is 3. The summed E-state index contributed by atoms with van der Waals surface area (Å²) in [6, 6.07) is 14.3. The quantitative estimate of drug-likeness (QED) is 0.496. The van der Waals surface area contributed by atoms with Gasteiger partial charge in [-0.05, 0) is 30.3 Å². The molecule has 1 N–H and O–H groups in total. The SMILES string of the molecule is O=C(NCCSc1ccccc1)c1sc2cc(F)ccc2c1Cl. The van der Waals surface area contributed by atoms with Crippen LogP contribution in [0.5, 0.6) is 0 Å². The Morgan fingerprint density at radius 1 is 1.22 bits per heavy atom. The van der Waals surface area contributed by atoms with Crippen LogP contribution in [0.15, 0.2) is 53.4 Å².